The highest BCUT2D eigenvalue weighted by molar-refractivity contribution is 6.30. The Bertz CT molecular complexity index is 1500. The molecular weight excluding hydrogens is 488 g/mol. The number of imidazole rings is 1. The molecule has 8 nitrogen and oxygen atoms in total. The lowest BCUT2D eigenvalue weighted by molar-refractivity contribution is -0.117. The predicted molar refractivity (Wildman–Crippen MR) is 141 cm³/mol. The van der Waals surface area contributed by atoms with Crippen molar-refractivity contribution in [3.05, 3.63) is 83.0 Å². The summed E-state index contributed by atoms with van der Waals surface area (Å²) in [5.41, 5.74) is 4.10. The smallest absolute Gasteiger partial charge is 0.229 e. The number of halogens is 1. The molecule has 1 unspecified atom stereocenters. The van der Waals surface area contributed by atoms with Gasteiger partial charge in [-0.05, 0) is 66.8 Å². The molecule has 2 N–H and O–H groups in total. The molecule has 0 bridgehead atoms. The summed E-state index contributed by atoms with van der Waals surface area (Å²) in [6, 6.07) is 13.4. The molecule has 2 saturated carbocycles. The third kappa shape index (κ3) is 4.34. The Morgan fingerprint density at radius 1 is 1.05 bits per heavy atom. The molecule has 1 saturated heterocycles. The highest BCUT2D eigenvalue weighted by Gasteiger charge is 2.44. The highest BCUT2D eigenvalue weighted by Crippen LogP contribution is 2.48. The molecule has 7 rings (SSSR count). The van der Waals surface area contributed by atoms with Gasteiger partial charge in [-0.3, -0.25) is 4.79 Å². The molecule has 9 heteroatoms. The maximum absolute atomic E-state index is 12.9. The van der Waals surface area contributed by atoms with Gasteiger partial charge < -0.3 is 19.7 Å². The van der Waals surface area contributed by atoms with Crippen LogP contribution in [0.4, 0.5) is 11.6 Å². The first-order valence-corrected chi connectivity index (χ1v) is 13.2. The van der Waals surface area contributed by atoms with E-state index in [2.05, 4.69) is 42.9 Å². The van der Waals surface area contributed by atoms with Crippen LogP contribution in [0.2, 0.25) is 5.02 Å². The van der Waals surface area contributed by atoms with Crippen LogP contribution in [-0.2, 0) is 4.79 Å². The molecule has 4 atom stereocenters. The molecule has 3 fully saturated rings. The number of rotatable bonds is 6. The van der Waals surface area contributed by atoms with E-state index in [1.807, 2.05) is 30.5 Å². The largest absolute Gasteiger partial charge is 0.390 e. The number of amides is 1. The topological polar surface area (TPSA) is 95.7 Å². The number of nitrogens with zero attached hydrogens (tertiary/aromatic N) is 5. The molecule has 0 radical (unpaired) electrons. The van der Waals surface area contributed by atoms with E-state index in [1.54, 1.807) is 6.07 Å². The summed E-state index contributed by atoms with van der Waals surface area (Å²) in [4.78, 5) is 28.6. The minimum absolute atomic E-state index is 0.0561. The van der Waals surface area contributed by atoms with Gasteiger partial charge in [0.2, 0.25) is 5.91 Å². The van der Waals surface area contributed by atoms with Crippen LogP contribution in [-0.4, -0.2) is 43.0 Å². The molecule has 1 amide bonds. The van der Waals surface area contributed by atoms with Crippen molar-refractivity contribution in [1.82, 2.24) is 19.4 Å². The molecule has 3 aromatic heterocycles. The van der Waals surface area contributed by atoms with E-state index in [1.165, 1.54) is 24.7 Å². The number of aliphatic hydroxyl groups is 1. The van der Waals surface area contributed by atoms with Crippen LogP contribution >= 0.6 is 11.6 Å². The number of nitrogens with one attached hydrogen (secondary N) is 1. The summed E-state index contributed by atoms with van der Waals surface area (Å²) in [7, 11) is 0. The van der Waals surface area contributed by atoms with Crippen molar-refractivity contribution in [2.24, 2.45) is 5.92 Å². The lowest BCUT2D eigenvalue weighted by Gasteiger charge is -2.26. The Hall–Kier alpha value is -3.49. The second kappa shape index (κ2) is 8.82. The molecule has 3 aliphatic rings. The van der Waals surface area contributed by atoms with Gasteiger partial charge in [-0.1, -0.05) is 29.8 Å². The van der Waals surface area contributed by atoms with E-state index in [0.717, 1.165) is 23.3 Å². The number of anilines is 2. The summed E-state index contributed by atoms with van der Waals surface area (Å²) < 4.78 is 2.06. The Morgan fingerprint density at radius 3 is 2.78 bits per heavy atom. The molecule has 2 aliphatic carbocycles. The first-order valence-electron chi connectivity index (χ1n) is 12.8. The molecule has 1 aromatic carbocycles. The van der Waals surface area contributed by atoms with Crippen LogP contribution in [0.25, 0.3) is 5.65 Å². The zero-order chi connectivity index (χ0) is 25.1. The van der Waals surface area contributed by atoms with Crippen LogP contribution < -0.4 is 10.2 Å². The van der Waals surface area contributed by atoms with E-state index >= 15 is 0 Å². The number of hydrogen-bond acceptors (Lipinski definition) is 6. The van der Waals surface area contributed by atoms with Gasteiger partial charge in [0.1, 0.15) is 29.7 Å². The molecular formula is C28H27ClN6O2. The maximum atomic E-state index is 12.9. The van der Waals surface area contributed by atoms with Gasteiger partial charge in [-0.25, -0.2) is 15.0 Å². The van der Waals surface area contributed by atoms with Gasteiger partial charge in [0.05, 0.1) is 11.8 Å². The normalized spacial score (nSPS) is 25.0. The summed E-state index contributed by atoms with van der Waals surface area (Å²) >= 11 is 6.12. The van der Waals surface area contributed by atoms with Gasteiger partial charge in [0.15, 0.2) is 0 Å². The van der Waals surface area contributed by atoms with Gasteiger partial charge in [0, 0.05) is 35.9 Å². The fraction of sp³-hybridized carbons (Fsp3) is 0.357. The molecule has 188 valence electrons. The number of hydrogen-bond donors (Lipinski definition) is 2. The van der Waals surface area contributed by atoms with Gasteiger partial charge >= 0.3 is 0 Å². The predicted octanol–water partition coefficient (Wildman–Crippen LogP) is 4.71. The van der Waals surface area contributed by atoms with Crippen LogP contribution in [0.3, 0.4) is 0 Å². The number of aromatic nitrogens is 4. The average molecular weight is 515 g/mol. The third-order valence-electron chi connectivity index (χ3n) is 7.81. The quantitative estimate of drug-likeness (QED) is 0.387. The monoisotopic (exact) mass is 514 g/mol. The Balaban J connectivity index is 1.09. The number of benzene rings is 1. The van der Waals surface area contributed by atoms with Crippen molar-refractivity contribution in [2.45, 2.75) is 49.7 Å². The van der Waals surface area contributed by atoms with E-state index in [0.29, 0.717) is 35.5 Å². The molecule has 1 aliphatic heterocycles. The van der Waals surface area contributed by atoms with E-state index in [-0.39, 0.29) is 23.8 Å². The van der Waals surface area contributed by atoms with Crippen molar-refractivity contribution < 1.29 is 9.90 Å². The minimum Gasteiger partial charge on any atom is -0.390 e. The summed E-state index contributed by atoms with van der Waals surface area (Å²) in [6.07, 6.45) is 8.96. The number of carbonyl (C=O) groups excluding carboxylic acids is 1. The average Bonchev–Trinajstić information content (AvgIpc) is 3.81. The van der Waals surface area contributed by atoms with Crippen molar-refractivity contribution in [3.63, 3.8) is 0 Å². The standard InChI is InChI=1S/C28H27ClN6O2/c29-19-3-1-2-17(10-19)20-11-21(20)28(37)33-24-12-26(31-15-30-24)35-9-8-23(36)27(35)22-14-34-13-18(16-4-5-16)6-7-25(34)32-22/h1-3,6-7,10,12-16,20-21,23,27,36H,4-5,8-9,11H2,(H,30,31,33,37)/t20?,21-,23-,27+/m0/s1. The summed E-state index contributed by atoms with van der Waals surface area (Å²) in [6.45, 7) is 0.636. The molecule has 0 spiro atoms. The SMILES string of the molecule is O=C(Nc1cc(N2CC[C@H](O)[C@H]2c2cn3cc(C4CC4)ccc3n2)ncn1)[C@H]1CC1c1cccc(Cl)c1. The van der Waals surface area contributed by atoms with Crippen LogP contribution in [0, 0.1) is 5.92 Å². The number of fused-ring (bicyclic) bond motifs is 1. The zero-order valence-electron chi connectivity index (χ0n) is 20.2. The number of aliphatic hydroxyl groups excluding tert-OH is 1. The summed E-state index contributed by atoms with van der Waals surface area (Å²) in [5, 5.41) is 14.5. The fourth-order valence-electron chi connectivity index (χ4n) is 5.60. The van der Waals surface area contributed by atoms with Crippen molar-refractivity contribution in [1.29, 1.82) is 0 Å². The van der Waals surface area contributed by atoms with Gasteiger partial charge in [-0.15, -0.1) is 0 Å². The van der Waals surface area contributed by atoms with Crippen LogP contribution in [0.5, 0.6) is 0 Å². The van der Waals surface area contributed by atoms with Crippen LogP contribution in [0.1, 0.15) is 60.4 Å². The lowest BCUT2D eigenvalue weighted by atomic mass is 10.1. The maximum Gasteiger partial charge on any atom is 0.229 e. The van der Waals surface area contributed by atoms with Gasteiger partial charge in [0.25, 0.3) is 0 Å². The minimum atomic E-state index is -0.564. The zero-order valence-corrected chi connectivity index (χ0v) is 20.9. The van der Waals surface area contributed by atoms with Crippen molar-refractivity contribution >= 4 is 34.8 Å². The second-order valence-electron chi connectivity index (χ2n) is 10.4. The first-order chi connectivity index (χ1) is 18.0. The second-order valence-corrected chi connectivity index (χ2v) is 10.9. The Labute approximate surface area is 219 Å². The van der Waals surface area contributed by atoms with Gasteiger partial charge in [-0.2, -0.15) is 0 Å². The molecule has 37 heavy (non-hydrogen) atoms. The Morgan fingerprint density at radius 2 is 1.95 bits per heavy atom. The fourth-order valence-corrected chi connectivity index (χ4v) is 5.80. The molecule has 4 aromatic rings. The Kier molecular flexibility index (Phi) is 5.41. The van der Waals surface area contributed by atoms with E-state index < -0.39 is 6.10 Å². The lowest BCUT2D eigenvalue weighted by Crippen LogP contribution is -2.28. The van der Waals surface area contributed by atoms with Crippen molar-refractivity contribution in [2.75, 3.05) is 16.8 Å². The van der Waals surface area contributed by atoms with Crippen LogP contribution in [0.15, 0.2) is 61.2 Å². The number of carbonyl (C=O) groups is 1. The molecule has 4 heterocycles. The first kappa shape index (κ1) is 22.7. The summed E-state index contributed by atoms with van der Waals surface area (Å²) in [5.74, 6) is 1.79. The number of pyridine rings is 1. The highest BCUT2D eigenvalue weighted by atomic mass is 35.5. The van der Waals surface area contributed by atoms with E-state index in [9.17, 15) is 9.90 Å². The van der Waals surface area contributed by atoms with E-state index in [4.69, 9.17) is 16.6 Å². The van der Waals surface area contributed by atoms with Crippen molar-refractivity contribution in [3.8, 4) is 0 Å². The third-order valence-corrected chi connectivity index (χ3v) is 8.05.